The van der Waals surface area contributed by atoms with Crippen molar-refractivity contribution < 1.29 is 19.1 Å². The van der Waals surface area contributed by atoms with Crippen molar-refractivity contribution in [3.8, 4) is 0 Å². The molecular formula is C25H24N2O4S. The second-order valence-electron chi connectivity index (χ2n) is 7.75. The molecule has 1 aliphatic heterocycles. The summed E-state index contributed by atoms with van der Waals surface area (Å²) in [6.07, 6.45) is 1.04. The van der Waals surface area contributed by atoms with Gasteiger partial charge in [-0.1, -0.05) is 54.6 Å². The van der Waals surface area contributed by atoms with E-state index in [9.17, 15) is 14.4 Å². The van der Waals surface area contributed by atoms with Crippen molar-refractivity contribution in [1.82, 2.24) is 5.32 Å². The van der Waals surface area contributed by atoms with E-state index in [-0.39, 0.29) is 30.9 Å². The summed E-state index contributed by atoms with van der Waals surface area (Å²) >= 11 is 1.29. The molecule has 7 heteroatoms. The van der Waals surface area contributed by atoms with Crippen molar-refractivity contribution >= 4 is 34.8 Å². The number of nitrogens with zero attached hydrogens (tertiary/aromatic N) is 1. The Morgan fingerprint density at radius 2 is 1.81 bits per heavy atom. The van der Waals surface area contributed by atoms with Crippen molar-refractivity contribution in [1.29, 1.82) is 0 Å². The second kappa shape index (κ2) is 9.78. The molecule has 1 N–H and O–H groups in total. The molecule has 164 valence electrons. The van der Waals surface area contributed by atoms with Crippen molar-refractivity contribution in [2.24, 2.45) is 0 Å². The first-order chi connectivity index (χ1) is 15.5. The number of hydrogen-bond donors (Lipinski definition) is 1. The Bertz CT molecular complexity index is 1100. The summed E-state index contributed by atoms with van der Waals surface area (Å²) in [5.41, 5.74) is 2.84. The second-order valence-corrected chi connectivity index (χ2v) is 8.69. The van der Waals surface area contributed by atoms with E-state index in [1.165, 1.54) is 11.3 Å². The molecule has 32 heavy (non-hydrogen) atoms. The predicted octanol–water partition coefficient (Wildman–Crippen LogP) is 3.61. The number of ether oxygens (including phenoxy) is 1. The van der Waals surface area contributed by atoms with Gasteiger partial charge in [0.1, 0.15) is 6.04 Å². The SMILES string of the molecule is CC1Cc2ccccc2N1C(=O)COC(=O)[C@H](Cc1ccccc1)NC(=O)c1cccs1. The fourth-order valence-electron chi connectivity index (χ4n) is 3.93. The number of thiophene rings is 1. The highest BCUT2D eigenvalue weighted by Crippen LogP contribution is 2.31. The van der Waals surface area contributed by atoms with Gasteiger partial charge in [0, 0.05) is 18.2 Å². The van der Waals surface area contributed by atoms with Gasteiger partial charge in [-0.2, -0.15) is 0 Å². The van der Waals surface area contributed by atoms with Gasteiger partial charge in [-0.05, 0) is 42.0 Å². The summed E-state index contributed by atoms with van der Waals surface area (Å²) in [5, 5.41) is 4.56. The molecule has 3 aromatic rings. The van der Waals surface area contributed by atoms with Crippen LogP contribution in [0.1, 0.15) is 27.7 Å². The van der Waals surface area contributed by atoms with Crippen LogP contribution in [0, 0.1) is 0 Å². The number of carbonyl (C=O) groups excluding carboxylic acids is 3. The Labute approximate surface area is 190 Å². The van der Waals surface area contributed by atoms with Gasteiger partial charge in [-0.25, -0.2) is 4.79 Å². The highest BCUT2D eigenvalue weighted by atomic mass is 32.1. The van der Waals surface area contributed by atoms with Crippen LogP contribution in [0.3, 0.4) is 0 Å². The normalized spacial score (nSPS) is 15.7. The molecule has 2 aromatic carbocycles. The zero-order valence-electron chi connectivity index (χ0n) is 17.7. The molecule has 0 fully saturated rings. The van der Waals surface area contributed by atoms with Crippen molar-refractivity contribution in [3.05, 3.63) is 88.1 Å². The van der Waals surface area contributed by atoms with E-state index in [2.05, 4.69) is 5.32 Å². The topological polar surface area (TPSA) is 75.7 Å². The molecular weight excluding hydrogens is 424 g/mol. The fourth-order valence-corrected chi connectivity index (χ4v) is 4.56. The molecule has 1 aliphatic rings. The molecule has 0 aliphatic carbocycles. The number of hydrogen-bond acceptors (Lipinski definition) is 5. The van der Waals surface area contributed by atoms with Gasteiger partial charge in [-0.15, -0.1) is 11.3 Å². The summed E-state index contributed by atoms with van der Waals surface area (Å²) in [6.45, 7) is 1.59. The number of amides is 2. The molecule has 1 unspecified atom stereocenters. The quantitative estimate of drug-likeness (QED) is 0.561. The van der Waals surface area contributed by atoms with Crippen molar-refractivity contribution in [2.75, 3.05) is 11.5 Å². The summed E-state index contributed by atoms with van der Waals surface area (Å²) in [4.78, 5) is 40.5. The monoisotopic (exact) mass is 448 g/mol. The Morgan fingerprint density at radius 3 is 2.56 bits per heavy atom. The highest BCUT2D eigenvalue weighted by molar-refractivity contribution is 7.12. The van der Waals surface area contributed by atoms with Crippen molar-refractivity contribution in [3.63, 3.8) is 0 Å². The fraction of sp³-hybridized carbons (Fsp3) is 0.240. The minimum absolute atomic E-state index is 0.00255. The van der Waals surface area contributed by atoms with Crippen LogP contribution in [0.2, 0.25) is 0 Å². The Kier molecular flexibility index (Phi) is 6.66. The van der Waals surface area contributed by atoms with Crippen LogP contribution in [-0.2, 0) is 27.2 Å². The molecule has 0 saturated carbocycles. The average Bonchev–Trinajstić information content (AvgIpc) is 3.45. The van der Waals surface area contributed by atoms with Crippen LogP contribution in [0.15, 0.2) is 72.1 Å². The van der Waals surface area contributed by atoms with E-state index in [4.69, 9.17) is 4.74 Å². The number of benzene rings is 2. The van der Waals surface area contributed by atoms with Crippen LogP contribution in [-0.4, -0.2) is 36.5 Å². The lowest BCUT2D eigenvalue weighted by molar-refractivity contribution is -0.149. The molecule has 4 rings (SSSR count). The largest absolute Gasteiger partial charge is 0.454 e. The Hall–Kier alpha value is -3.45. The molecule has 1 aromatic heterocycles. The van der Waals surface area contributed by atoms with Crippen LogP contribution < -0.4 is 10.2 Å². The minimum Gasteiger partial charge on any atom is -0.454 e. The van der Waals surface area contributed by atoms with E-state index in [0.717, 1.165) is 23.2 Å². The Morgan fingerprint density at radius 1 is 1.06 bits per heavy atom. The molecule has 6 nitrogen and oxygen atoms in total. The maximum absolute atomic E-state index is 12.9. The highest BCUT2D eigenvalue weighted by Gasteiger charge is 2.32. The molecule has 0 spiro atoms. The van der Waals surface area contributed by atoms with Gasteiger partial charge in [0.15, 0.2) is 6.61 Å². The van der Waals surface area contributed by atoms with Gasteiger partial charge < -0.3 is 15.0 Å². The smallest absolute Gasteiger partial charge is 0.329 e. The molecule has 2 amide bonds. The van der Waals surface area contributed by atoms with E-state index in [1.54, 1.807) is 22.4 Å². The first kappa shape index (κ1) is 21.8. The first-order valence-corrected chi connectivity index (χ1v) is 11.4. The summed E-state index contributed by atoms with van der Waals surface area (Å²) < 4.78 is 5.39. The number of nitrogens with one attached hydrogen (secondary N) is 1. The average molecular weight is 449 g/mol. The minimum atomic E-state index is -0.900. The maximum atomic E-state index is 12.9. The maximum Gasteiger partial charge on any atom is 0.329 e. The first-order valence-electron chi connectivity index (χ1n) is 10.5. The molecule has 0 saturated heterocycles. The van der Waals surface area contributed by atoms with Gasteiger partial charge in [-0.3, -0.25) is 9.59 Å². The third-order valence-corrected chi connectivity index (χ3v) is 6.30. The predicted molar refractivity (Wildman–Crippen MR) is 124 cm³/mol. The number of rotatable bonds is 7. The number of para-hydroxylation sites is 1. The lowest BCUT2D eigenvalue weighted by Gasteiger charge is -2.23. The molecule has 0 bridgehead atoms. The van der Waals surface area contributed by atoms with E-state index < -0.39 is 12.0 Å². The number of esters is 1. The summed E-state index contributed by atoms with van der Waals surface area (Å²) in [7, 11) is 0. The van der Waals surface area contributed by atoms with Crippen LogP contribution in [0.5, 0.6) is 0 Å². The van der Waals surface area contributed by atoms with Crippen LogP contribution >= 0.6 is 11.3 Å². The summed E-state index contributed by atoms with van der Waals surface area (Å²) in [5.74, 6) is -1.25. The number of carbonyl (C=O) groups is 3. The van der Waals surface area contributed by atoms with Gasteiger partial charge in [0.05, 0.1) is 4.88 Å². The molecule has 0 radical (unpaired) electrons. The lowest BCUT2D eigenvalue weighted by atomic mass is 10.1. The van der Waals surface area contributed by atoms with Gasteiger partial charge in [0.25, 0.3) is 11.8 Å². The zero-order valence-corrected chi connectivity index (χ0v) is 18.5. The zero-order chi connectivity index (χ0) is 22.5. The van der Waals surface area contributed by atoms with E-state index in [1.807, 2.05) is 61.5 Å². The van der Waals surface area contributed by atoms with Crippen LogP contribution in [0.25, 0.3) is 0 Å². The molecule has 2 heterocycles. The lowest BCUT2D eigenvalue weighted by Crippen LogP contribution is -2.45. The number of anilines is 1. The van der Waals surface area contributed by atoms with Gasteiger partial charge >= 0.3 is 5.97 Å². The van der Waals surface area contributed by atoms with E-state index in [0.29, 0.717) is 4.88 Å². The standard InChI is InChI=1S/C25H24N2O4S/c1-17-14-19-10-5-6-11-21(19)27(17)23(28)16-31-25(30)20(15-18-8-3-2-4-9-18)26-24(29)22-12-7-13-32-22/h2-13,17,20H,14-16H2,1H3,(H,26,29)/t17?,20-/m0/s1. The van der Waals surface area contributed by atoms with Gasteiger partial charge in [0.2, 0.25) is 0 Å². The van der Waals surface area contributed by atoms with E-state index >= 15 is 0 Å². The third kappa shape index (κ3) is 4.89. The summed E-state index contributed by atoms with van der Waals surface area (Å²) in [6, 6.07) is 19.7. The third-order valence-electron chi connectivity index (χ3n) is 5.43. The Balaban J connectivity index is 1.43. The molecule has 2 atom stereocenters. The van der Waals surface area contributed by atoms with Crippen molar-refractivity contribution in [2.45, 2.75) is 31.8 Å². The van der Waals surface area contributed by atoms with Crippen LogP contribution in [0.4, 0.5) is 5.69 Å². The number of fused-ring (bicyclic) bond motifs is 1.